The summed E-state index contributed by atoms with van der Waals surface area (Å²) in [5, 5.41) is 3.53. The van der Waals surface area contributed by atoms with Crippen molar-refractivity contribution in [3.63, 3.8) is 0 Å². The molecule has 1 atom stereocenters. The second kappa shape index (κ2) is 6.60. The smallest absolute Gasteiger partial charge is 0.0700 e. The molecule has 0 aliphatic carbocycles. The molecular formula is C15H23ClN2O. The maximum Gasteiger partial charge on any atom is 0.0700 e. The van der Waals surface area contributed by atoms with Crippen LogP contribution in [0.15, 0.2) is 18.2 Å². The van der Waals surface area contributed by atoms with Crippen molar-refractivity contribution in [1.29, 1.82) is 0 Å². The topological polar surface area (TPSA) is 24.5 Å². The van der Waals surface area contributed by atoms with Crippen LogP contribution in [0.25, 0.3) is 0 Å². The lowest BCUT2D eigenvalue weighted by molar-refractivity contribution is -0.0324. The molecule has 3 rings (SSSR count). The second-order valence-electron chi connectivity index (χ2n) is 5.26. The van der Waals surface area contributed by atoms with Gasteiger partial charge in [0.2, 0.25) is 0 Å². The number of benzene rings is 1. The molecule has 106 valence electrons. The lowest BCUT2D eigenvalue weighted by Gasteiger charge is -2.32. The Morgan fingerprint density at radius 1 is 1.42 bits per heavy atom. The highest BCUT2D eigenvalue weighted by Gasteiger charge is 2.21. The van der Waals surface area contributed by atoms with Gasteiger partial charge >= 0.3 is 0 Å². The van der Waals surface area contributed by atoms with Crippen molar-refractivity contribution < 1.29 is 4.74 Å². The highest BCUT2D eigenvalue weighted by atomic mass is 35.5. The Morgan fingerprint density at radius 2 is 2.32 bits per heavy atom. The molecule has 2 heterocycles. The molecule has 0 radical (unpaired) electrons. The van der Waals surface area contributed by atoms with E-state index in [1.807, 2.05) is 0 Å². The van der Waals surface area contributed by atoms with Gasteiger partial charge in [0.15, 0.2) is 0 Å². The number of anilines is 1. The lowest BCUT2D eigenvalue weighted by Crippen LogP contribution is -2.41. The molecule has 4 heteroatoms. The fourth-order valence-electron chi connectivity index (χ4n) is 2.95. The highest BCUT2D eigenvalue weighted by molar-refractivity contribution is 5.85. The average molecular weight is 283 g/mol. The van der Waals surface area contributed by atoms with Gasteiger partial charge in [-0.3, -0.25) is 4.90 Å². The van der Waals surface area contributed by atoms with Crippen LogP contribution in [-0.4, -0.2) is 37.2 Å². The first kappa shape index (κ1) is 14.6. The van der Waals surface area contributed by atoms with E-state index in [1.54, 1.807) is 0 Å². The van der Waals surface area contributed by atoms with Crippen LogP contribution in [0.1, 0.15) is 24.5 Å². The third-order valence-electron chi connectivity index (χ3n) is 4.01. The second-order valence-corrected chi connectivity index (χ2v) is 5.26. The Balaban J connectivity index is 0.00000133. The van der Waals surface area contributed by atoms with Gasteiger partial charge in [0, 0.05) is 31.9 Å². The van der Waals surface area contributed by atoms with E-state index in [9.17, 15) is 0 Å². The molecule has 1 saturated heterocycles. The normalized spacial score (nSPS) is 22.5. The minimum Gasteiger partial charge on any atom is -0.384 e. The van der Waals surface area contributed by atoms with Gasteiger partial charge in [-0.15, -0.1) is 12.4 Å². The quantitative estimate of drug-likeness (QED) is 0.923. The van der Waals surface area contributed by atoms with Crippen molar-refractivity contribution >= 4 is 18.1 Å². The molecule has 2 aliphatic heterocycles. The Labute approximate surface area is 121 Å². The van der Waals surface area contributed by atoms with Gasteiger partial charge in [0.05, 0.1) is 12.7 Å². The number of fused-ring (bicyclic) bond motifs is 1. The summed E-state index contributed by atoms with van der Waals surface area (Å²) >= 11 is 0. The van der Waals surface area contributed by atoms with E-state index in [2.05, 4.69) is 35.3 Å². The third-order valence-corrected chi connectivity index (χ3v) is 4.01. The maximum absolute atomic E-state index is 5.73. The molecule has 1 fully saturated rings. The summed E-state index contributed by atoms with van der Waals surface area (Å²) in [5.74, 6) is 0. The Bertz CT molecular complexity index is 425. The Morgan fingerprint density at radius 3 is 3.16 bits per heavy atom. The van der Waals surface area contributed by atoms with Crippen LogP contribution in [0.5, 0.6) is 0 Å². The fraction of sp³-hybridized carbons (Fsp3) is 0.600. The van der Waals surface area contributed by atoms with Crippen LogP contribution >= 0.6 is 12.4 Å². The van der Waals surface area contributed by atoms with E-state index < -0.39 is 0 Å². The summed E-state index contributed by atoms with van der Waals surface area (Å²) < 4.78 is 5.73. The van der Waals surface area contributed by atoms with Gasteiger partial charge in [0.25, 0.3) is 0 Å². The molecule has 1 unspecified atom stereocenters. The van der Waals surface area contributed by atoms with Crippen LogP contribution in [0.4, 0.5) is 5.69 Å². The van der Waals surface area contributed by atoms with Gasteiger partial charge in [-0.25, -0.2) is 0 Å². The van der Waals surface area contributed by atoms with Crippen molar-refractivity contribution in [1.82, 2.24) is 4.90 Å². The SMILES string of the molecule is CCC1CN(Cc2cccc3c2NCC3)CCO1.Cl. The van der Waals surface area contributed by atoms with Gasteiger partial charge < -0.3 is 10.1 Å². The van der Waals surface area contributed by atoms with Crippen molar-refractivity contribution in [2.75, 3.05) is 31.6 Å². The minimum atomic E-state index is 0. The van der Waals surface area contributed by atoms with E-state index >= 15 is 0 Å². The summed E-state index contributed by atoms with van der Waals surface area (Å²) in [4.78, 5) is 2.52. The molecule has 0 spiro atoms. The first-order chi connectivity index (χ1) is 8.86. The fourth-order valence-corrected chi connectivity index (χ4v) is 2.95. The lowest BCUT2D eigenvalue weighted by atomic mass is 10.1. The van der Waals surface area contributed by atoms with E-state index in [-0.39, 0.29) is 12.4 Å². The number of nitrogens with one attached hydrogen (secondary N) is 1. The molecule has 0 saturated carbocycles. The monoisotopic (exact) mass is 282 g/mol. The number of ether oxygens (including phenoxy) is 1. The molecular weight excluding hydrogens is 260 g/mol. The summed E-state index contributed by atoms with van der Waals surface area (Å²) in [6.07, 6.45) is 2.70. The standard InChI is InChI=1S/C15H22N2O.ClH/c1-2-14-11-17(8-9-18-14)10-13-5-3-4-12-6-7-16-15(12)13;/h3-5,14,16H,2,6-11H2,1H3;1H. The Kier molecular flexibility index (Phi) is 5.08. The largest absolute Gasteiger partial charge is 0.384 e. The molecule has 0 bridgehead atoms. The van der Waals surface area contributed by atoms with Gasteiger partial charge in [-0.05, 0) is 24.0 Å². The number of hydrogen-bond donors (Lipinski definition) is 1. The van der Waals surface area contributed by atoms with Crippen molar-refractivity contribution in [3.05, 3.63) is 29.3 Å². The zero-order chi connectivity index (χ0) is 12.4. The summed E-state index contributed by atoms with van der Waals surface area (Å²) in [6.45, 7) is 7.35. The van der Waals surface area contributed by atoms with E-state index in [0.29, 0.717) is 6.10 Å². The highest BCUT2D eigenvalue weighted by Crippen LogP contribution is 2.27. The predicted molar refractivity (Wildman–Crippen MR) is 81.2 cm³/mol. The predicted octanol–water partition coefficient (Wildman–Crippen LogP) is 2.69. The van der Waals surface area contributed by atoms with Crippen LogP contribution in [0.2, 0.25) is 0 Å². The van der Waals surface area contributed by atoms with Crippen LogP contribution in [0.3, 0.4) is 0 Å². The van der Waals surface area contributed by atoms with Crippen molar-refractivity contribution in [3.8, 4) is 0 Å². The number of morpholine rings is 1. The van der Waals surface area contributed by atoms with Crippen molar-refractivity contribution in [2.45, 2.75) is 32.4 Å². The molecule has 1 aromatic rings. The maximum atomic E-state index is 5.73. The average Bonchev–Trinajstić information content (AvgIpc) is 2.88. The number of hydrogen-bond acceptors (Lipinski definition) is 3. The van der Waals surface area contributed by atoms with Crippen LogP contribution in [0, 0.1) is 0 Å². The number of nitrogens with zero attached hydrogens (tertiary/aromatic N) is 1. The molecule has 3 nitrogen and oxygen atoms in total. The van der Waals surface area contributed by atoms with Crippen LogP contribution in [-0.2, 0) is 17.7 Å². The molecule has 1 N–H and O–H groups in total. The number of rotatable bonds is 3. The first-order valence-corrected chi connectivity index (χ1v) is 7.05. The first-order valence-electron chi connectivity index (χ1n) is 7.05. The van der Waals surface area contributed by atoms with Crippen molar-refractivity contribution in [2.24, 2.45) is 0 Å². The molecule has 1 aromatic carbocycles. The summed E-state index contributed by atoms with van der Waals surface area (Å²) in [6, 6.07) is 6.69. The zero-order valence-electron chi connectivity index (χ0n) is 11.5. The summed E-state index contributed by atoms with van der Waals surface area (Å²) in [5.41, 5.74) is 4.31. The van der Waals surface area contributed by atoms with Gasteiger partial charge in [-0.1, -0.05) is 25.1 Å². The molecule has 0 amide bonds. The summed E-state index contributed by atoms with van der Waals surface area (Å²) in [7, 11) is 0. The number of para-hydroxylation sites is 1. The van der Waals surface area contributed by atoms with E-state index in [0.717, 1.165) is 39.2 Å². The van der Waals surface area contributed by atoms with Gasteiger partial charge in [0.1, 0.15) is 0 Å². The minimum absolute atomic E-state index is 0. The van der Waals surface area contributed by atoms with E-state index in [4.69, 9.17) is 4.74 Å². The molecule has 0 aromatic heterocycles. The van der Waals surface area contributed by atoms with E-state index in [1.165, 1.54) is 23.2 Å². The Hall–Kier alpha value is -0.770. The van der Waals surface area contributed by atoms with Crippen LogP contribution < -0.4 is 5.32 Å². The molecule has 2 aliphatic rings. The van der Waals surface area contributed by atoms with Gasteiger partial charge in [-0.2, -0.15) is 0 Å². The molecule has 19 heavy (non-hydrogen) atoms. The number of halogens is 1. The third kappa shape index (κ3) is 3.22. The zero-order valence-corrected chi connectivity index (χ0v) is 12.3.